The third-order valence-corrected chi connectivity index (χ3v) is 2.95. The van der Waals surface area contributed by atoms with Gasteiger partial charge in [-0.25, -0.2) is 4.79 Å². The molecule has 0 unspecified atom stereocenters. The van der Waals surface area contributed by atoms with E-state index < -0.39 is 11.2 Å². The number of alkyl halides is 1. The highest BCUT2D eigenvalue weighted by Crippen LogP contribution is 2.11. The van der Waals surface area contributed by atoms with Gasteiger partial charge in [0.15, 0.2) is 11.2 Å². The van der Waals surface area contributed by atoms with Crippen molar-refractivity contribution >= 4 is 28.7 Å². The number of aromatic amines is 1. The molecule has 0 bridgehead atoms. The molecule has 0 aliphatic rings. The van der Waals surface area contributed by atoms with Crippen LogP contribution in [0.15, 0.2) is 19.9 Å². The highest BCUT2D eigenvalue weighted by atomic mass is 35.5. The molecule has 0 spiro atoms. The molecule has 2 rings (SSSR count). The summed E-state index contributed by atoms with van der Waals surface area (Å²) in [6.45, 7) is 0.533. The Morgan fingerprint density at radius 2 is 2.05 bits per heavy atom. The molecular formula is C10H14ClN7O2. The van der Waals surface area contributed by atoms with Crippen LogP contribution >= 0.6 is 11.6 Å². The fourth-order valence-electron chi connectivity index (χ4n) is 1.65. The summed E-state index contributed by atoms with van der Waals surface area (Å²) in [6, 6.07) is 0. The van der Waals surface area contributed by atoms with Crippen molar-refractivity contribution < 1.29 is 0 Å². The molecule has 2 heterocycles. The van der Waals surface area contributed by atoms with Gasteiger partial charge < -0.3 is 4.98 Å². The second-order valence-electron chi connectivity index (χ2n) is 4.22. The Balaban J connectivity index is 2.50. The van der Waals surface area contributed by atoms with Crippen LogP contribution in [0.25, 0.3) is 11.2 Å². The number of H-pyrrole nitrogens is 1. The molecule has 108 valence electrons. The molecule has 0 aliphatic heterocycles. The van der Waals surface area contributed by atoms with E-state index in [9.17, 15) is 9.59 Å². The fraction of sp³-hybridized carbons (Fsp3) is 0.500. The number of aryl methyl sites for hydroxylation is 1. The summed E-state index contributed by atoms with van der Waals surface area (Å²) in [5, 5.41) is 9.27. The molecule has 0 radical (unpaired) electrons. The molecule has 0 atom stereocenters. The Bertz CT molecular complexity index is 772. The summed E-state index contributed by atoms with van der Waals surface area (Å²) in [5.74, 6) is 0.574. The first-order valence-electron chi connectivity index (χ1n) is 5.80. The fourth-order valence-corrected chi connectivity index (χ4v) is 1.89. The van der Waals surface area contributed by atoms with Gasteiger partial charge >= 0.3 is 5.69 Å². The van der Waals surface area contributed by atoms with Crippen molar-refractivity contribution in [2.45, 2.75) is 0 Å². The third kappa shape index (κ3) is 2.44. The molecule has 0 aromatic carbocycles. The van der Waals surface area contributed by atoms with Gasteiger partial charge in [-0.15, -0.1) is 11.6 Å². The third-order valence-electron chi connectivity index (χ3n) is 2.78. The van der Waals surface area contributed by atoms with Crippen molar-refractivity contribution in [1.29, 1.82) is 0 Å². The lowest BCUT2D eigenvalue weighted by molar-refractivity contribution is 0.352. The van der Waals surface area contributed by atoms with Gasteiger partial charge in [0.2, 0.25) is 0 Å². The minimum Gasteiger partial charge on any atom is -0.315 e. The van der Waals surface area contributed by atoms with Gasteiger partial charge in [-0.3, -0.25) is 18.9 Å². The molecule has 2 aromatic rings. The Kier molecular flexibility index (Phi) is 3.89. The first-order valence-corrected chi connectivity index (χ1v) is 6.33. The lowest BCUT2D eigenvalue weighted by atomic mass is 10.5. The van der Waals surface area contributed by atoms with Gasteiger partial charge in [-0.2, -0.15) is 4.98 Å². The number of rotatable bonds is 4. The van der Waals surface area contributed by atoms with Crippen LogP contribution in [0.1, 0.15) is 0 Å². The summed E-state index contributed by atoms with van der Waals surface area (Å²) in [5.41, 5.74) is -0.446. The molecule has 0 aliphatic carbocycles. The highest BCUT2D eigenvalue weighted by molar-refractivity contribution is 6.18. The van der Waals surface area contributed by atoms with Crippen LogP contribution in [0.4, 0.5) is 5.95 Å². The van der Waals surface area contributed by atoms with Gasteiger partial charge in [0.1, 0.15) is 0 Å². The summed E-state index contributed by atoms with van der Waals surface area (Å²) < 4.78 is 2.27. The number of halogens is 1. The van der Waals surface area contributed by atoms with E-state index in [1.54, 1.807) is 7.05 Å². The van der Waals surface area contributed by atoms with Crippen molar-refractivity contribution in [1.82, 2.24) is 24.1 Å². The van der Waals surface area contributed by atoms with Crippen molar-refractivity contribution in [2.24, 2.45) is 24.4 Å². The summed E-state index contributed by atoms with van der Waals surface area (Å²) in [7, 11) is 4.65. The Morgan fingerprint density at radius 3 is 2.70 bits per heavy atom. The van der Waals surface area contributed by atoms with Crippen molar-refractivity contribution in [3.63, 3.8) is 0 Å². The number of hydrogen-bond donors (Lipinski definition) is 1. The summed E-state index contributed by atoms with van der Waals surface area (Å²) >= 11 is 5.57. The van der Waals surface area contributed by atoms with Gasteiger partial charge in [-0.05, 0) is 0 Å². The van der Waals surface area contributed by atoms with Crippen LogP contribution in [0.2, 0.25) is 0 Å². The number of nitrogens with zero attached hydrogens (tertiary/aromatic N) is 6. The van der Waals surface area contributed by atoms with Crippen LogP contribution in [0.5, 0.6) is 0 Å². The Hall–Kier alpha value is -2.16. The van der Waals surface area contributed by atoms with E-state index in [4.69, 9.17) is 11.6 Å². The zero-order chi connectivity index (χ0) is 14.9. The molecule has 0 fully saturated rings. The Labute approximate surface area is 118 Å². The minimum absolute atomic E-state index is 0.153. The molecule has 20 heavy (non-hydrogen) atoms. The maximum atomic E-state index is 11.9. The average Bonchev–Trinajstić information content (AvgIpc) is 2.85. The maximum Gasteiger partial charge on any atom is 0.332 e. The first-order chi connectivity index (χ1) is 9.45. The molecule has 0 amide bonds. The standard InChI is InChI=1S/C10H14ClN7O2/c1-16(5-4-11)15-14-9-12-6-7(13-9)17(2)10(20)18(3)8(6)19/h4-5H2,1-3H3,(H,12,13). The number of nitrogens with one attached hydrogen (secondary N) is 1. The lowest BCUT2D eigenvalue weighted by Gasteiger charge is -2.06. The van der Waals surface area contributed by atoms with Crippen LogP contribution in [-0.4, -0.2) is 43.6 Å². The average molecular weight is 300 g/mol. The van der Waals surface area contributed by atoms with Crippen LogP contribution in [0, 0.1) is 0 Å². The second-order valence-corrected chi connectivity index (χ2v) is 4.60. The largest absolute Gasteiger partial charge is 0.332 e. The van der Waals surface area contributed by atoms with Crippen molar-refractivity contribution in [3.8, 4) is 0 Å². The van der Waals surface area contributed by atoms with Gasteiger partial charge in [0.25, 0.3) is 11.5 Å². The maximum absolute atomic E-state index is 11.9. The van der Waals surface area contributed by atoms with Crippen LogP contribution in [0.3, 0.4) is 0 Å². The van der Waals surface area contributed by atoms with Crippen molar-refractivity contribution in [3.05, 3.63) is 20.8 Å². The quantitative estimate of drug-likeness (QED) is 0.492. The molecule has 1 N–H and O–H groups in total. The van der Waals surface area contributed by atoms with Crippen LogP contribution < -0.4 is 11.2 Å². The van der Waals surface area contributed by atoms with E-state index in [1.807, 2.05) is 0 Å². The second kappa shape index (κ2) is 5.45. The monoisotopic (exact) mass is 299 g/mol. The number of hydrogen-bond acceptors (Lipinski definition) is 5. The van der Waals surface area contributed by atoms with E-state index in [2.05, 4.69) is 20.3 Å². The topological polar surface area (TPSA) is 101 Å². The number of imidazole rings is 1. The molecule has 2 aromatic heterocycles. The number of aromatic nitrogens is 4. The molecule has 0 saturated carbocycles. The SMILES string of the molecule is CN(CCCl)N=Nc1nc2c([nH]1)c(=O)n(C)c(=O)n2C. The van der Waals surface area contributed by atoms with Gasteiger partial charge in [0.05, 0.1) is 6.54 Å². The molecule has 10 heteroatoms. The zero-order valence-electron chi connectivity index (χ0n) is 11.3. The van der Waals surface area contributed by atoms with Gasteiger partial charge in [0, 0.05) is 27.0 Å². The predicted octanol–water partition coefficient (Wildman–Crippen LogP) is 0.130. The Morgan fingerprint density at radius 1 is 1.35 bits per heavy atom. The zero-order valence-corrected chi connectivity index (χ0v) is 12.0. The normalized spacial score (nSPS) is 11.6. The molecule has 9 nitrogen and oxygen atoms in total. The molecule has 0 saturated heterocycles. The van der Waals surface area contributed by atoms with Crippen LogP contribution in [-0.2, 0) is 14.1 Å². The van der Waals surface area contributed by atoms with E-state index >= 15 is 0 Å². The number of fused-ring (bicyclic) bond motifs is 1. The van der Waals surface area contributed by atoms with Gasteiger partial charge in [-0.1, -0.05) is 10.3 Å². The predicted molar refractivity (Wildman–Crippen MR) is 74.4 cm³/mol. The summed E-state index contributed by atoms with van der Waals surface area (Å²) in [6.07, 6.45) is 0. The lowest BCUT2D eigenvalue weighted by Crippen LogP contribution is -2.36. The first kappa shape index (κ1) is 14.3. The van der Waals surface area contributed by atoms with E-state index in [1.165, 1.54) is 23.7 Å². The van der Waals surface area contributed by atoms with E-state index in [0.717, 1.165) is 4.57 Å². The van der Waals surface area contributed by atoms with E-state index in [-0.39, 0.29) is 17.1 Å². The highest BCUT2D eigenvalue weighted by Gasteiger charge is 2.13. The smallest absolute Gasteiger partial charge is 0.315 e. The summed E-state index contributed by atoms with van der Waals surface area (Å²) in [4.78, 5) is 30.5. The molecular weight excluding hydrogens is 286 g/mol. The minimum atomic E-state index is -0.453. The van der Waals surface area contributed by atoms with Crippen molar-refractivity contribution in [2.75, 3.05) is 19.5 Å². The van der Waals surface area contributed by atoms with E-state index in [0.29, 0.717) is 12.4 Å².